The molecule has 0 amide bonds. The summed E-state index contributed by atoms with van der Waals surface area (Å²) in [5, 5.41) is 2.42. The first-order valence-electron chi connectivity index (χ1n) is 4.78. The van der Waals surface area contributed by atoms with Crippen molar-refractivity contribution in [1.29, 1.82) is 0 Å². The zero-order valence-electron chi connectivity index (χ0n) is 8.84. The second-order valence-corrected chi connectivity index (χ2v) is 4.42. The molecule has 1 heterocycles. The maximum Gasteiger partial charge on any atom is 0.0517 e. The fourth-order valence-corrected chi connectivity index (χ4v) is 2.50. The van der Waals surface area contributed by atoms with Crippen LogP contribution in [0.1, 0.15) is 5.56 Å². The number of nitrogens with two attached hydrogens (primary N) is 1. The predicted octanol–water partition coefficient (Wildman–Crippen LogP) is 3.64. The maximum absolute atomic E-state index is 6.15. The first-order chi connectivity index (χ1) is 7.13. The van der Waals surface area contributed by atoms with Crippen LogP contribution in [0.25, 0.3) is 10.9 Å². The number of aryl methyl sites for hydroxylation is 1. The Hall–Kier alpha value is -0.410. The number of hydrogen-bond donors (Lipinski definition) is 1. The molecule has 0 unspecified atom stereocenters. The van der Waals surface area contributed by atoms with E-state index in [4.69, 9.17) is 28.9 Å². The van der Waals surface area contributed by atoms with E-state index in [2.05, 4.69) is 10.8 Å². The molecule has 0 saturated heterocycles. The van der Waals surface area contributed by atoms with Gasteiger partial charge in [0.2, 0.25) is 0 Å². The van der Waals surface area contributed by atoms with Gasteiger partial charge in [-0.1, -0.05) is 23.2 Å². The normalized spacial score (nSPS) is 10.5. The summed E-state index contributed by atoms with van der Waals surface area (Å²) in [7, 11) is 0. The molecule has 16 heavy (non-hydrogen) atoms. The number of nitrogens with zero attached hydrogens (tertiary/aromatic N) is 1. The Morgan fingerprint density at radius 3 is 2.62 bits per heavy atom. The molecule has 0 bridgehead atoms. The second-order valence-electron chi connectivity index (χ2n) is 3.58. The monoisotopic (exact) mass is 278 g/mol. The molecule has 0 saturated carbocycles. The number of aromatic nitrogens is 1. The van der Waals surface area contributed by atoms with Crippen molar-refractivity contribution in [3.63, 3.8) is 0 Å². The lowest BCUT2D eigenvalue weighted by atomic mass is 10.2. The Bertz CT molecular complexity index is 505. The van der Waals surface area contributed by atoms with Gasteiger partial charge in [-0.15, -0.1) is 12.4 Å². The third-order valence-corrected chi connectivity index (χ3v) is 2.97. The van der Waals surface area contributed by atoms with Gasteiger partial charge >= 0.3 is 0 Å². The number of benzene rings is 1. The van der Waals surface area contributed by atoms with Crippen molar-refractivity contribution in [3.05, 3.63) is 33.9 Å². The van der Waals surface area contributed by atoms with Gasteiger partial charge < -0.3 is 10.3 Å². The fraction of sp³-hybridized carbons (Fsp3) is 0.273. The minimum Gasteiger partial charge on any atom is -0.346 e. The maximum atomic E-state index is 6.15. The first kappa shape index (κ1) is 13.7. The van der Waals surface area contributed by atoms with Gasteiger partial charge in [-0.3, -0.25) is 0 Å². The molecule has 0 radical (unpaired) electrons. The third-order valence-electron chi connectivity index (χ3n) is 2.46. The molecular weight excluding hydrogens is 266 g/mol. The molecule has 2 nitrogen and oxygen atoms in total. The molecule has 1 aromatic carbocycles. The van der Waals surface area contributed by atoms with Crippen LogP contribution in [0.3, 0.4) is 0 Å². The van der Waals surface area contributed by atoms with Gasteiger partial charge in [-0.05, 0) is 24.6 Å². The smallest absolute Gasteiger partial charge is 0.0517 e. The SMILES string of the molecule is Cc1cn(CCN)c2cc(Cl)cc(Cl)c12.Cl. The number of hydrogen-bond acceptors (Lipinski definition) is 1. The highest BCUT2D eigenvalue weighted by molar-refractivity contribution is 6.38. The van der Waals surface area contributed by atoms with Crippen LogP contribution >= 0.6 is 35.6 Å². The molecule has 0 atom stereocenters. The zero-order valence-corrected chi connectivity index (χ0v) is 11.2. The Labute approximate surface area is 111 Å². The van der Waals surface area contributed by atoms with Gasteiger partial charge in [0.25, 0.3) is 0 Å². The molecule has 0 fully saturated rings. The molecule has 5 heteroatoms. The van der Waals surface area contributed by atoms with Crippen molar-refractivity contribution >= 4 is 46.5 Å². The molecule has 2 N–H and O–H groups in total. The summed E-state index contributed by atoms with van der Waals surface area (Å²) in [6.45, 7) is 3.42. The van der Waals surface area contributed by atoms with E-state index in [9.17, 15) is 0 Å². The highest BCUT2D eigenvalue weighted by Crippen LogP contribution is 2.31. The van der Waals surface area contributed by atoms with Crippen molar-refractivity contribution < 1.29 is 0 Å². The van der Waals surface area contributed by atoms with Crippen LogP contribution in [-0.2, 0) is 6.54 Å². The summed E-state index contributed by atoms with van der Waals surface area (Å²) >= 11 is 12.1. The Kier molecular flexibility index (Phi) is 4.51. The second kappa shape index (κ2) is 5.28. The number of fused-ring (bicyclic) bond motifs is 1. The summed E-state index contributed by atoms with van der Waals surface area (Å²) in [4.78, 5) is 0. The summed E-state index contributed by atoms with van der Waals surface area (Å²) < 4.78 is 2.09. The van der Waals surface area contributed by atoms with E-state index < -0.39 is 0 Å². The standard InChI is InChI=1S/C11H12Cl2N2.ClH/c1-7-6-15(3-2-14)10-5-8(12)4-9(13)11(7)10;/h4-6H,2-3,14H2,1H3;1H. The summed E-state index contributed by atoms with van der Waals surface area (Å²) in [6, 6.07) is 3.69. The number of halogens is 3. The summed E-state index contributed by atoms with van der Waals surface area (Å²) in [6.07, 6.45) is 2.06. The van der Waals surface area contributed by atoms with Crippen molar-refractivity contribution in [2.45, 2.75) is 13.5 Å². The lowest BCUT2D eigenvalue weighted by Crippen LogP contribution is -2.08. The number of rotatable bonds is 2. The van der Waals surface area contributed by atoms with Crippen LogP contribution < -0.4 is 5.73 Å². The lowest BCUT2D eigenvalue weighted by Gasteiger charge is -2.03. The summed E-state index contributed by atoms with van der Waals surface area (Å²) in [5.74, 6) is 0. The van der Waals surface area contributed by atoms with Gasteiger partial charge in [-0.25, -0.2) is 0 Å². The highest BCUT2D eigenvalue weighted by Gasteiger charge is 2.09. The van der Waals surface area contributed by atoms with Gasteiger partial charge in [-0.2, -0.15) is 0 Å². The minimum atomic E-state index is 0. The van der Waals surface area contributed by atoms with Crippen molar-refractivity contribution in [2.24, 2.45) is 5.73 Å². The van der Waals surface area contributed by atoms with E-state index in [-0.39, 0.29) is 12.4 Å². The minimum absolute atomic E-state index is 0. The first-order valence-corrected chi connectivity index (χ1v) is 5.53. The van der Waals surface area contributed by atoms with Crippen molar-refractivity contribution in [2.75, 3.05) is 6.54 Å². The van der Waals surface area contributed by atoms with Crippen molar-refractivity contribution in [1.82, 2.24) is 4.57 Å². The molecule has 88 valence electrons. The van der Waals surface area contributed by atoms with Crippen LogP contribution in [-0.4, -0.2) is 11.1 Å². The third kappa shape index (κ3) is 2.30. The highest BCUT2D eigenvalue weighted by atomic mass is 35.5. The Morgan fingerprint density at radius 1 is 1.31 bits per heavy atom. The van der Waals surface area contributed by atoms with Crippen LogP contribution in [0.5, 0.6) is 0 Å². The molecule has 0 aliphatic heterocycles. The van der Waals surface area contributed by atoms with E-state index in [1.165, 1.54) is 0 Å². The van der Waals surface area contributed by atoms with Crippen LogP contribution in [0.4, 0.5) is 0 Å². The topological polar surface area (TPSA) is 30.9 Å². The average Bonchev–Trinajstić information content (AvgIpc) is 2.43. The molecule has 0 spiro atoms. The molecule has 0 aliphatic rings. The van der Waals surface area contributed by atoms with Gasteiger partial charge in [0.15, 0.2) is 0 Å². The van der Waals surface area contributed by atoms with Gasteiger partial charge in [0.05, 0.1) is 10.5 Å². The Balaban J connectivity index is 0.00000128. The van der Waals surface area contributed by atoms with E-state index >= 15 is 0 Å². The van der Waals surface area contributed by atoms with Crippen LogP contribution in [0, 0.1) is 6.92 Å². The fourth-order valence-electron chi connectivity index (χ4n) is 1.87. The molecule has 1 aromatic heterocycles. The van der Waals surface area contributed by atoms with E-state index in [1.807, 2.05) is 13.0 Å². The van der Waals surface area contributed by atoms with Crippen molar-refractivity contribution in [3.8, 4) is 0 Å². The van der Waals surface area contributed by atoms with Crippen LogP contribution in [0.15, 0.2) is 18.3 Å². The lowest BCUT2D eigenvalue weighted by molar-refractivity contribution is 0.734. The molecule has 0 aliphatic carbocycles. The van der Waals surface area contributed by atoms with E-state index in [0.29, 0.717) is 16.6 Å². The van der Waals surface area contributed by atoms with Gasteiger partial charge in [0.1, 0.15) is 0 Å². The van der Waals surface area contributed by atoms with Crippen LogP contribution in [0.2, 0.25) is 10.0 Å². The van der Waals surface area contributed by atoms with Gasteiger partial charge in [0, 0.05) is 29.7 Å². The average molecular weight is 280 g/mol. The molecule has 2 rings (SSSR count). The largest absolute Gasteiger partial charge is 0.346 e. The molecular formula is C11H13Cl3N2. The zero-order chi connectivity index (χ0) is 11.0. The predicted molar refractivity (Wildman–Crippen MR) is 73.0 cm³/mol. The van der Waals surface area contributed by atoms with E-state index in [1.54, 1.807) is 6.07 Å². The quantitative estimate of drug-likeness (QED) is 0.894. The summed E-state index contributed by atoms with van der Waals surface area (Å²) in [5.41, 5.74) is 7.75. The van der Waals surface area contributed by atoms with E-state index in [0.717, 1.165) is 23.0 Å². The Morgan fingerprint density at radius 2 is 2.00 bits per heavy atom. The molecule has 2 aromatic rings.